The molecule has 0 bridgehead atoms. The molecule has 0 aliphatic heterocycles. The zero-order valence-corrected chi connectivity index (χ0v) is 12.9. The van der Waals surface area contributed by atoms with E-state index in [1.54, 1.807) is 11.1 Å². The lowest BCUT2D eigenvalue weighted by Gasteiger charge is -2.48. The van der Waals surface area contributed by atoms with Gasteiger partial charge in [0, 0.05) is 6.42 Å². The Morgan fingerprint density at radius 1 is 1.10 bits per heavy atom. The molecule has 0 aromatic carbocycles. The van der Waals surface area contributed by atoms with Gasteiger partial charge in [-0.1, -0.05) is 19.4 Å². The number of ketones is 1. The van der Waals surface area contributed by atoms with Gasteiger partial charge in [0.1, 0.15) is 0 Å². The number of fused-ring (bicyclic) bond motifs is 4. The van der Waals surface area contributed by atoms with Crippen LogP contribution in [-0.4, -0.2) is 5.78 Å². The number of hydrogen-bond acceptors (Lipinski definition) is 1. The SMILES string of the molecule is CC1CC[C@H]2[C@@H]3CCC4=CC(=O)CCC4=C3CC[C@]12C. The Hall–Kier alpha value is -0.850. The van der Waals surface area contributed by atoms with E-state index in [1.165, 1.54) is 37.7 Å². The topological polar surface area (TPSA) is 17.1 Å². The third-order valence-electron chi connectivity index (χ3n) is 7.21. The van der Waals surface area contributed by atoms with Gasteiger partial charge < -0.3 is 0 Å². The maximum Gasteiger partial charge on any atom is 0.156 e. The minimum Gasteiger partial charge on any atom is -0.295 e. The molecule has 0 spiro atoms. The van der Waals surface area contributed by atoms with Crippen molar-refractivity contribution >= 4 is 5.78 Å². The van der Waals surface area contributed by atoms with Gasteiger partial charge in [-0.3, -0.25) is 4.79 Å². The zero-order chi connectivity index (χ0) is 13.9. The maximum absolute atomic E-state index is 11.7. The van der Waals surface area contributed by atoms with Crippen molar-refractivity contribution in [2.24, 2.45) is 23.2 Å². The summed E-state index contributed by atoms with van der Waals surface area (Å²) in [6.45, 7) is 5.04. The molecule has 0 heterocycles. The van der Waals surface area contributed by atoms with Gasteiger partial charge in [-0.25, -0.2) is 0 Å². The summed E-state index contributed by atoms with van der Waals surface area (Å²) in [4.78, 5) is 11.7. The van der Waals surface area contributed by atoms with Crippen LogP contribution in [0, 0.1) is 23.2 Å². The predicted octanol–water partition coefficient (Wildman–Crippen LogP) is 4.83. The standard InChI is InChI=1S/C19H26O/c1-12-3-8-18-17-6-4-13-11-14(20)5-7-15(13)16(17)9-10-19(12,18)2/h11-12,17-18H,3-10H2,1-2H3/t12?,17-,18+,19-/m1/s1. The van der Waals surface area contributed by atoms with Crippen molar-refractivity contribution in [1.82, 2.24) is 0 Å². The molecule has 1 unspecified atom stereocenters. The highest BCUT2D eigenvalue weighted by atomic mass is 16.1. The summed E-state index contributed by atoms with van der Waals surface area (Å²) >= 11 is 0. The van der Waals surface area contributed by atoms with Crippen LogP contribution in [0.3, 0.4) is 0 Å². The van der Waals surface area contributed by atoms with E-state index < -0.39 is 0 Å². The number of carbonyl (C=O) groups is 1. The highest BCUT2D eigenvalue weighted by molar-refractivity contribution is 5.93. The van der Waals surface area contributed by atoms with Crippen LogP contribution in [0.25, 0.3) is 0 Å². The molecule has 0 N–H and O–H groups in total. The predicted molar refractivity (Wildman–Crippen MR) is 81.3 cm³/mol. The molecule has 20 heavy (non-hydrogen) atoms. The second-order valence-electron chi connectivity index (χ2n) is 7.88. The van der Waals surface area contributed by atoms with Crippen molar-refractivity contribution < 1.29 is 4.79 Å². The first-order valence-corrected chi connectivity index (χ1v) is 8.55. The van der Waals surface area contributed by atoms with Crippen LogP contribution in [-0.2, 0) is 4.79 Å². The fraction of sp³-hybridized carbons (Fsp3) is 0.737. The first kappa shape index (κ1) is 12.9. The maximum atomic E-state index is 11.7. The quantitative estimate of drug-likeness (QED) is 0.616. The van der Waals surface area contributed by atoms with Crippen molar-refractivity contribution in [2.75, 3.05) is 0 Å². The van der Waals surface area contributed by atoms with E-state index in [0.717, 1.165) is 37.0 Å². The minimum absolute atomic E-state index is 0.359. The monoisotopic (exact) mass is 270 g/mol. The summed E-state index contributed by atoms with van der Waals surface area (Å²) in [7, 11) is 0. The molecule has 108 valence electrons. The average molecular weight is 270 g/mol. The molecular weight excluding hydrogens is 244 g/mol. The first-order chi connectivity index (χ1) is 9.59. The van der Waals surface area contributed by atoms with Crippen molar-refractivity contribution in [3.8, 4) is 0 Å². The second-order valence-corrected chi connectivity index (χ2v) is 7.88. The Morgan fingerprint density at radius 2 is 1.95 bits per heavy atom. The fourth-order valence-corrected chi connectivity index (χ4v) is 5.79. The molecule has 4 atom stereocenters. The Balaban J connectivity index is 1.74. The lowest BCUT2D eigenvalue weighted by atomic mass is 9.56. The normalized spacial score (nSPS) is 43.8. The number of carbonyl (C=O) groups excluding carboxylic acids is 1. The van der Waals surface area contributed by atoms with E-state index in [0.29, 0.717) is 11.2 Å². The number of rotatable bonds is 0. The number of hydrogen-bond donors (Lipinski definition) is 0. The van der Waals surface area contributed by atoms with E-state index >= 15 is 0 Å². The van der Waals surface area contributed by atoms with Crippen LogP contribution in [0.4, 0.5) is 0 Å². The van der Waals surface area contributed by atoms with Crippen molar-refractivity contribution in [1.29, 1.82) is 0 Å². The largest absolute Gasteiger partial charge is 0.295 e. The minimum atomic E-state index is 0.359. The van der Waals surface area contributed by atoms with Gasteiger partial charge in [0.25, 0.3) is 0 Å². The van der Waals surface area contributed by atoms with E-state index in [-0.39, 0.29) is 0 Å². The average Bonchev–Trinajstić information content (AvgIpc) is 2.74. The summed E-state index contributed by atoms with van der Waals surface area (Å²) in [6.07, 6.45) is 11.8. The van der Waals surface area contributed by atoms with Gasteiger partial charge in [0.2, 0.25) is 0 Å². The smallest absolute Gasteiger partial charge is 0.156 e. The molecule has 0 saturated heterocycles. The summed E-state index contributed by atoms with van der Waals surface area (Å²) in [6, 6.07) is 0. The van der Waals surface area contributed by atoms with E-state index in [2.05, 4.69) is 13.8 Å². The Bertz CT molecular complexity index is 524. The molecule has 0 radical (unpaired) electrons. The summed E-state index contributed by atoms with van der Waals surface area (Å²) in [5.41, 5.74) is 5.39. The summed E-state index contributed by atoms with van der Waals surface area (Å²) in [5.74, 6) is 3.04. The van der Waals surface area contributed by atoms with Gasteiger partial charge in [-0.15, -0.1) is 0 Å². The van der Waals surface area contributed by atoms with Crippen LogP contribution < -0.4 is 0 Å². The molecule has 2 fully saturated rings. The molecular formula is C19H26O. The molecule has 0 aromatic heterocycles. The lowest BCUT2D eigenvalue weighted by Crippen LogP contribution is -2.39. The number of allylic oxidation sites excluding steroid dienone is 4. The van der Waals surface area contributed by atoms with Crippen LogP contribution in [0.5, 0.6) is 0 Å². The fourth-order valence-electron chi connectivity index (χ4n) is 5.79. The third-order valence-corrected chi connectivity index (χ3v) is 7.21. The molecule has 4 rings (SSSR count). The van der Waals surface area contributed by atoms with Crippen LogP contribution in [0.1, 0.15) is 65.2 Å². The molecule has 1 heteroatoms. The Kier molecular flexibility index (Phi) is 2.78. The van der Waals surface area contributed by atoms with Crippen molar-refractivity contribution in [3.63, 3.8) is 0 Å². The highest BCUT2D eigenvalue weighted by Gasteiger charge is 2.51. The zero-order valence-electron chi connectivity index (χ0n) is 12.9. The summed E-state index contributed by atoms with van der Waals surface area (Å²) in [5, 5.41) is 0. The molecule has 1 nitrogen and oxygen atoms in total. The second kappa shape index (κ2) is 4.32. The van der Waals surface area contributed by atoms with E-state index in [4.69, 9.17) is 0 Å². The first-order valence-electron chi connectivity index (χ1n) is 8.55. The highest BCUT2D eigenvalue weighted by Crippen LogP contribution is 2.61. The molecule has 0 amide bonds. The lowest BCUT2D eigenvalue weighted by molar-refractivity contribution is -0.114. The van der Waals surface area contributed by atoms with Crippen molar-refractivity contribution in [3.05, 3.63) is 22.8 Å². The van der Waals surface area contributed by atoms with Crippen molar-refractivity contribution in [2.45, 2.75) is 65.2 Å². The van der Waals surface area contributed by atoms with Gasteiger partial charge in [0.15, 0.2) is 5.78 Å². The Labute approximate surface area is 122 Å². The van der Waals surface area contributed by atoms with Gasteiger partial charge in [0.05, 0.1) is 0 Å². The summed E-state index contributed by atoms with van der Waals surface area (Å²) < 4.78 is 0. The van der Waals surface area contributed by atoms with E-state index in [1.807, 2.05) is 6.08 Å². The third kappa shape index (κ3) is 1.64. The van der Waals surface area contributed by atoms with E-state index in [9.17, 15) is 4.79 Å². The molecule has 4 aliphatic rings. The molecule has 0 aromatic rings. The van der Waals surface area contributed by atoms with Gasteiger partial charge in [-0.05, 0) is 85.3 Å². The van der Waals surface area contributed by atoms with Crippen LogP contribution in [0.2, 0.25) is 0 Å². The van der Waals surface area contributed by atoms with Crippen LogP contribution in [0.15, 0.2) is 22.8 Å². The van der Waals surface area contributed by atoms with Crippen LogP contribution >= 0.6 is 0 Å². The Morgan fingerprint density at radius 3 is 2.80 bits per heavy atom. The van der Waals surface area contributed by atoms with Gasteiger partial charge in [-0.2, -0.15) is 0 Å². The van der Waals surface area contributed by atoms with Gasteiger partial charge >= 0.3 is 0 Å². The molecule has 4 aliphatic carbocycles. The molecule has 2 saturated carbocycles.